The monoisotopic (exact) mass is 367 g/mol. The number of ether oxygens (including phenoxy) is 1. The van der Waals surface area contributed by atoms with Gasteiger partial charge in [-0.15, -0.1) is 0 Å². The zero-order chi connectivity index (χ0) is 19.9. The third-order valence-electron chi connectivity index (χ3n) is 2.93. The van der Waals surface area contributed by atoms with Crippen molar-refractivity contribution in [2.24, 2.45) is 0 Å². The maximum atomic E-state index is 11.7. The highest BCUT2D eigenvalue weighted by molar-refractivity contribution is 5.90. The molecule has 1 amide bonds. The molecule has 0 saturated carbocycles. The van der Waals surface area contributed by atoms with Crippen LogP contribution in [-0.4, -0.2) is 40.3 Å². The summed E-state index contributed by atoms with van der Waals surface area (Å²) in [7, 11) is 0. The van der Waals surface area contributed by atoms with Crippen LogP contribution < -0.4 is 16.1 Å². The van der Waals surface area contributed by atoms with Gasteiger partial charge in [0.15, 0.2) is 5.03 Å². The van der Waals surface area contributed by atoms with Gasteiger partial charge in [-0.25, -0.2) is 14.9 Å². The lowest BCUT2D eigenvalue weighted by atomic mass is 9.99. The van der Waals surface area contributed by atoms with Gasteiger partial charge in [0.1, 0.15) is 5.60 Å². The van der Waals surface area contributed by atoms with Gasteiger partial charge in [-0.2, -0.15) is 0 Å². The van der Waals surface area contributed by atoms with Gasteiger partial charge < -0.3 is 20.5 Å². The third-order valence-corrected chi connectivity index (χ3v) is 2.93. The number of hydrogen-bond donors (Lipinski definition) is 5. The lowest BCUT2D eigenvalue weighted by molar-refractivity contribution is -0.525. The summed E-state index contributed by atoms with van der Waals surface area (Å²) < 4.78 is 5.06. The Kier molecular flexibility index (Phi) is 6.88. The molecule has 5 N–H and O–H groups in total. The predicted molar refractivity (Wildman–Crippen MR) is 92.5 cm³/mol. The summed E-state index contributed by atoms with van der Waals surface area (Å²) in [6, 6.07) is 5.90. The molecule has 11 nitrogen and oxygen atoms in total. The molecule has 0 aliphatic carbocycles. The number of benzene rings is 1. The Balaban J connectivity index is 2.73. The summed E-state index contributed by atoms with van der Waals surface area (Å²) >= 11 is 0. The number of amides is 1. The molecule has 0 spiro atoms. The lowest BCUT2D eigenvalue weighted by Gasteiger charge is -2.21. The Morgan fingerprint density at radius 3 is 2.35 bits per heavy atom. The largest absolute Gasteiger partial charge is 0.481 e. The number of carboxylic acid groups (broad SMARTS) is 1. The van der Waals surface area contributed by atoms with E-state index in [1.807, 2.05) is 0 Å². The van der Waals surface area contributed by atoms with Crippen molar-refractivity contribution in [3.8, 4) is 0 Å². The number of nitrogens with zero attached hydrogens (tertiary/aromatic N) is 1. The van der Waals surface area contributed by atoms with Crippen molar-refractivity contribution in [1.82, 2.24) is 10.7 Å². The number of hydrazine groups is 1. The van der Waals surface area contributed by atoms with E-state index in [0.717, 1.165) is 0 Å². The van der Waals surface area contributed by atoms with Gasteiger partial charge in [-0.05, 0) is 38.5 Å². The van der Waals surface area contributed by atoms with Gasteiger partial charge >= 0.3 is 12.1 Å². The molecular weight excluding hydrogens is 346 g/mol. The van der Waals surface area contributed by atoms with Crippen LogP contribution in [0.3, 0.4) is 0 Å². The summed E-state index contributed by atoms with van der Waals surface area (Å²) in [4.78, 5) is 33.3. The van der Waals surface area contributed by atoms with Crippen molar-refractivity contribution in [3.05, 3.63) is 39.9 Å². The number of carboxylic acids is 1. The molecule has 0 saturated heterocycles. The highest BCUT2D eigenvalue weighted by Gasteiger charge is 2.23. The second-order valence-electron chi connectivity index (χ2n) is 6.26. The van der Waals surface area contributed by atoms with E-state index in [1.165, 1.54) is 24.3 Å². The molecule has 1 aromatic rings. The van der Waals surface area contributed by atoms with E-state index in [4.69, 9.17) is 10.1 Å². The highest BCUT2D eigenvalue weighted by Crippen LogP contribution is 2.19. The summed E-state index contributed by atoms with van der Waals surface area (Å²) in [5, 5.41) is 30.9. The molecule has 0 fully saturated rings. The first-order valence-electron chi connectivity index (χ1n) is 7.54. The molecule has 0 bridgehead atoms. The molecule has 142 valence electrons. The summed E-state index contributed by atoms with van der Waals surface area (Å²) in [5.74, 6) is -2.68. The third kappa shape index (κ3) is 7.47. The van der Waals surface area contributed by atoms with E-state index in [1.54, 1.807) is 26.2 Å². The van der Waals surface area contributed by atoms with Crippen molar-refractivity contribution in [1.29, 1.82) is 5.41 Å². The average Bonchev–Trinajstić information content (AvgIpc) is 2.46. The Labute approximate surface area is 149 Å². The number of alkyl carbamates (subject to hydrolysis) is 1. The number of nitrogens with one attached hydrogen (secondary N) is 4. The van der Waals surface area contributed by atoms with Crippen LogP contribution in [0.4, 0.5) is 10.5 Å². The second kappa shape index (κ2) is 8.65. The van der Waals surface area contributed by atoms with Gasteiger partial charge in [0.25, 0.3) is 5.96 Å². The molecule has 0 aliphatic heterocycles. The number of carbonyl (C=O) groups excluding carboxylic acids is 1. The fraction of sp³-hybridized carbons (Fsp3) is 0.400. The lowest BCUT2D eigenvalue weighted by Crippen LogP contribution is -2.36. The molecule has 0 radical (unpaired) electrons. The molecule has 1 aromatic carbocycles. The molecule has 1 atom stereocenters. The minimum absolute atomic E-state index is 0.171. The van der Waals surface area contributed by atoms with Crippen molar-refractivity contribution in [2.45, 2.75) is 32.3 Å². The molecule has 26 heavy (non-hydrogen) atoms. The van der Waals surface area contributed by atoms with E-state index >= 15 is 0 Å². The zero-order valence-electron chi connectivity index (χ0n) is 14.5. The average molecular weight is 367 g/mol. The quantitative estimate of drug-likeness (QED) is 0.218. The number of hydrogen-bond acceptors (Lipinski definition) is 6. The first kappa shape index (κ1) is 20.7. The van der Waals surface area contributed by atoms with Crippen molar-refractivity contribution >= 4 is 23.7 Å². The van der Waals surface area contributed by atoms with E-state index in [0.29, 0.717) is 11.3 Å². The predicted octanol–water partition coefficient (Wildman–Crippen LogP) is 1.51. The van der Waals surface area contributed by atoms with Gasteiger partial charge in [-0.1, -0.05) is 17.6 Å². The zero-order valence-corrected chi connectivity index (χ0v) is 14.5. The van der Waals surface area contributed by atoms with Crippen molar-refractivity contribution in [3.63, 3.8) is 0 Å². The van der Waals surface area contributed by atoms with Crippen LogP contribution >= 0.6 is 0 Å². The van der Waals surface area contributed by atoms with Crippen molar-refractivity contribution in [2.75, 3.05) is 11.9 Å². The van der Waals surface area contributed by atoms with Gasteiger partial charge in [0.2, 0.25) is 0 Å². The minimum atomic E-state index is -1.13. The maximum Gasteiger partial charge on any atom is 0.407 e. The Bertz CT molecular complexity index is 683. The normalized spacial score (nSPS) is 11.8. The van der Waals surface area contributed by atoms with Crippen LogP contribution in [0.2, 0.25) is 0 Å². The Morgan fingerprint density at radius 1 is 1.31 bits per heavy atom. The van der Waals surface area contributed by atoms with E-state index in [9.17, 15) is 24.8 Å². The van der Waals surface area contributed by atoms with E-state index < -0.39 is 34.6 Å². The molecule has 0 aliphatic rings. The number of anilines is 1. The summed E-state index contributed by atoms with van der Waals surface area (Å²) in [6.07, 6.45) is -0.721. The first-order chi connectivity index (χ1) is 12.0. The molecule has 0 aromatic heterocycles. The number of carbonyl (C=O) groups is 2. The van der Waals surface area contributed by atoms with E-state index in [2.05, 4.69) is 10.6 Å². The number of guanidine groups is 1. The first-order valence-corrected chi connectivity index (χ1v) is 7.54. The van der Waals surface area contributed by atoms with E-state index in [-0.39, 0.29) is 6.54 Å². The fourth-order valence-electron chi connectivity index (χ4n) is 1.91. The Morgan fingerprint density at radius 2 is 1.88 bits per heavy atom. The van der Waals surface area contributed by atoms with Crippen LogP contribution in [0.1, 0.15) is 32.3 Å². The van der Waals surface area contributed by atoms with Crippen LogP contribution in [0, 0.1) is 15.5 Å². The fourth-order valence-corrected chi connectivity index (χ4v) is 1.91. The Hall–Kier alpha value is -3.37. The molecular formula is C15H21N5O6. The van der Waals surface area contributed by atoms with Gasteiger partial charge in [0, 0.05) is 12.2 Å². The maximum absolute atomic E-state index is 11.7. The summed E-state index contributed by atoms with van der Waals surface area (Å²) in [6.45, 7) is 4.91. The minimum Gasteiger partial charge on any atom is -0.481 e. The molecule has 1 unspecified atom stereocenters. The smallest absolute Gasteiger partial charge is 0.407 e. The number of rotatable bonds is 6. The highest BCUT2D eigenvalue weighted by atomic mass is 16.7. The molecule has 0 heterocycles. The number of aliphatic carboxylic acids is 1. The topological polar surface area (TPSA) is 167 Å². The SMILES string of the molecule is CC(C)(C)OC(=O)NCC(C(=O)O)c1ccc(NC(=N)N[N+](=O)[O-])cc1. The van der Waals surface area contributed by atoms with Gasteiger partial charge in [0.05, 0.1) is 5.92 Å². The van der Waals surface area contributed by atoms with Gasteiger partial charge in [-0.3, -0.25) is 10.2 Å². The van der Waals surface area contributed by atoms with Crippen molar-refractivity contribution < 1.29 is 24.5 Å². The summed E-state index contributed by atoms with van der Waals surface area (Å²) in [5.41, 5.74) is 1.71. The van der Waals surface area contributed by atoms with Crippen LogP contribution in [0.25, 0.3) is 0 Å². The molecule has 11 heteroatoms. The molecule has 1 rings (SSSR count). The van der Waals surface area contributed by atoms with Crippen LogP contribution in [0.15, 0.2) is 24.3 Å². The standard InChI is InChI=1S/C15H21N5O6/c1-15(2,3)26-14(23)17-8-11(12(21)22)9-4-6-10(7-5-9)18-13(16)19-20(24)25/h4-7,11H,8H2,1-3H3,(H,17,23)(H,21,22)(H3,16,18,19). The van der Waals surface area contributed by atoms with Crippen LogP contribution in [0.5, 0.6) is 0 Å². The van der Waals surface area contributed by atoms with Crippen LogP contribution in [-0.2, 0) is 9.53 Å². The number of nitro groups is 1. The second-order valence-corrected chi connectivity index (χ2v) is 6.26.